The largest absolute Gasteiger partial charge is 0.486 e. The van der Waals surface area contributed by atoms with Crippen LogP contribution in [0.2, 0.25) is 0 Å². The molecule has 1 aromatic carbocycles. The van der Waals surface area contributed by atoms with Crippen molar-refractivity contribution in [2.45, 2.75) is 25.7 Å². The monoisotopic (exact) mass is 369 g/mol. The molecule has 0 bridgehead atoms. The zero-order valence-electron chi connectivity index (χ0n) is 14.1. The zero-order chi connectivity index (χ0) is 17.0. The number of rotatable bonds is 5. The van der Waals surface area contributed by atoms with Gasteiger partial charge in [-0.05, 0) is 37.3 Å². The number of benzene rings is 1. The van der Waals surface area contributed by atoms with Gasteiger partial charge in [0.1, 0.15) is 0 Å². The summed E-state index contributed by atoms with van der Waals surface area (Å²) in [6.45, 7) is 3.90. The maximum absolute atomic E-state index is 12.3. The Morgan fingerprint density at radius 2 is 2.00 bits per heavy atom. The highest BCUT2D eigenvalue weighted by atomic mass is 35.5. The van der Waals surface area contributed by atoms with Crippen molar-refractivity contribution in [3.8, 4) is 5.75 Å². The first kappa shape index (κ1) is 19.5. The number of likely N-dealkylation sites (tertiary alicyclic amines) is 1. The third kappa shape index (κ3) is 4.61. The molecule has 0 unspecified atom stereocenters. The second-order valence-electron chi connectivity index (χ2n) is 6.63. The van der Waals surface area contributed by atoms with E-state index >= 15 is 0 Å². The highest BCUT2D eigenvalue weighted by molar-refractivity contribution is 5.85. The van der Waals surface area contributed by atoms with Crippen molar-refractivity contribution >= 4 is 24.0 Å². The van der Waals surface area contributed by atoms with E-state index in [0.29, 0.717) is 5.41 Å². The molecule has 2 saturated heterocycles. The van der Waals surface area contributed by atoms with Crippen molar-refractivity contribution in [2.75, 3.05) is 32.8 Å². The number of para-hydroxylation sites is 2. The maximum atomic E-state index is 12.3. The van der Waals surface area contributed by atoms with E-state index in [9.17, 15) is 14.9 Å². The molecule has 0 radical (unpaired) electrons. The van der Waals surface area contributed by atoms with Crippen LogP contribution in [0.15, 0.2) is 24.3 Å². The lowest BCUT2D eigenvalue weighted by Crippen LogP contribution is -2.44. The maximum Gasteiger partial charge on any atom is 0.310 e. The second-order valence-corrected chi connectivity index (χ2v) is 6.63. The first-order valence-corrected chi connectivity index (χ1v) is 8.44. The van der Waals surface area contributed by atoms with Crippen LogP contribution in [0, 0.1) is 15.5 Å². The number of amides is 1. The smallest absolute Gasteiger partial charge is 0.310 e. The summed E-state index contributed by atoms with van der Waals surface area (Å²) >= 11 is 0. The van der Waals surface area contributed by atoms with E-state index in [1.165, 1.54) is 12.5 Å². The van der Waals surface area contributed by atoms with Crippen LogP contribution in [0.4, 0.5) is 5.69 Å². The van der Waals surface area contributed by atoms with Crippen LogP contribution in [0.25, 0.3) is 0 Å². The molecule has 1 spiro atoms. The SMILES string of the molecule is Cl.O=C(CCOc1ccccc1[N+](=O)[O-])N1CCC2(CCNC2)CC1. The summed E-state index contributed by atoms with van der Waals surface area (Å²) in [5.41, 5.74) is 0.316. The van der Waals surface area contributed by atoms with Gasteiger partial charge in [0.15, 0.2) is 5.75 Å². The van der Waals surface area contributed by atoms with Gasteiger partial charge in [-0.3, -0.25) is 14.9 Å². The number of nitrogens with one attached hydrogen (secondary N) is 1. The number of nitrogens with zero attached hydrogens (tertiary/aromatic N) is 2. The highest BCUT2D eigenvalue weighted by Crippen LogP contribution is 2.37. The summed E-state index contributed by atoms with van der Waals surface area (Å²) in [6.07, 6.45) is 3.56. The number of carbonyl (C=O) groups is 1. The molecule has 1 N–H and O–H groups in total. The van der Waals surface area contributed by atoms with Gasteiger partial charge in [-0.15, -0.1) is 12.4 Å². The van der Waals surface area contributed by atoms with E-state index in [-0.39, 0.29) is 42.8 Å². The van der Waals surface area contributed by atoms with E-state index in [2.05, 4.69) is 5.32 Å². The molecule has 0 saturated carbocycles. The number of nitro groups is 1. The fraction of sp³-hybridized carbons (Fsp3) is 0.588. The van der Waals surface area contributed by atoms with Gasteiger partial charge in [0.2, 0.25) is 5.91 Å². The minimum absolute atomic E-state index is 0. The van der Waals surface area contributed by atoms with Crippen molar-refractivity contribution in [3.63, 3.8) is 0 Å². The van der Waals surface area contributed by atoms with Gasteiger partial charge < -0.3 is 15.0 Å². The Labute approximate surface area is 153 Å². The molecule has 7 nitrogen and oxygen atoms in total. The van der Waals surface area contributed by atoms with E-state index < -0.39 is 4.92 Å². The van der Waals surface area contributed by atoms with Crippen molar-refractivity contribution in [3.05, 3.63) is 34.4 Å². The molecular weight excluding hydrogens is 346 g/mol. The van der Waals surface area contributed by atoms with Crippen LogP contribution in [-0.2, 0) is 4.79 Å². The molecule has 1 amide bonds. The Morgan fingerprint density at radius 3 is 2.64 bits per heavy atom. The van der Waals surface area contributed by atoms with Crippen molar-refractivity contribution in [1.82, 2.24) is 10.2 Å². The third-order valence-corrected chi connectivity index (χ3v) is 5.14. The Hall–Kier alpha value is -1.86. The third-order valence-electron chi connectivity index (χ3n) is 5.14. The van der Waals surface area contributed by atoms with E-state index in [1.807, 2.05) is 4.90 Å². The molecule has 138 valence electrons. The van der Waals surface area contributed by atoms with Gasteiger partial charge in [-0.25, -0.2) is 0 Å². The van der Waals surface area contributed by atoms with Crippen LogP contribution in [0.1, 0.15) is 25.7 Å². The average Bonchev–Trinajstić information content (AvgIpc) is 3.04. The van der Waals surface area contributed by atoms with E-state index in [1.54, 1.807) is 18.2 Å². The predicted molar refractivity (Wildman–Crippen MR) is 96.2 cm³/mol. The number of nitro benzene ring substituents is 1. The fourth-order valence-corrected chi connectivity index (χ4v) is 3.59. The van der Waals surface area contributed by atoms with Crippen molar-refractivity contribution < 1.29 is 14.5 Å². The number of ether oxygens (including phenoxy) is 1. The Balaban J connectivity index is 0.00000225. The molecule has 0 atom stereocenters. The molecule has 1 aromatic rings. The first-order chi connectivity index (χ1) is 11.6. The number of carbonyl (C=O) groups excluding carboxylic acids is 1. The molecule has 2 aliphatic heterocycles. The number of halogens is 1. The molecule has 2 fully saturated rings. The van der Waals surface area contributed by atoms with Crippen LogP contribution in [0.3, 0.4) is 0 Å². The molecular formula is C17H24ClN3O4. The molecule has 3 rings (SSSR count). The molecule has 2 heterocycles. The quantitative estimate of drug-likeness (QED) is 0.636. The van der Waals surface area contributed by atoms with Gasteiger partial charge in [-0.1, -0.05) is 12.1 Å². The summed E-state index contributed by atoms with van der Waals surface area (Å²) in [6, 6.07) is 6.23. The van der Waals surface area contributed by atoms with Gasteiger partial charge in [0.05, 0.1) is 18.0 Å². The lowest BCUT2D eigenvalue weighted by Gasteiger charge is -2.38. The summed E-state index contributed by atoms with van der Waals surface area (Å²) < 4.78 is 5.45. The summed E-state index contributed by atoms with van der Waals surface area (Å²) in [5, 5.41) is 14.3. The highest BCUT2D eigenvalue weighted by Gasteiger charge is 2.37. The second kappa shape index (κ2) is 8.49. The normalized spacial score (nSPS) is 18.6. The predicted octanol–water partition coefficient (Wildman–Crippen LogP) is 2.39. The van der Waals surface area contributed by atoms with E-state index in [4.69, 9.17) is 4.74 Å². The van der Waals surface area contributed by atoms with Crippen molar-refractivity contribution in [1.29, 1.82) is 0 Å². The van der Waals surface area contributed by atoms with Gasteiger partial charge in [-0.2, -0.15) is 0 Å². The summed E-state index contributed by atoms with van der Waals surface area (Å²) in [5.74, 6) is 0.277. The van der Waals surface area contributed by atoms with E-state index in [0.717, 1.165) is 39.0 Å². The molecule has 25 heavy (non-hydrogen) atoms. The molecule has 0 aromatic heterocycles. The van der Waals surface area contributed by atoms with Crippen molar-refractivity contribution in [2.24, 2.45) is 5.41 Å². The topological polar surface area (TPSA) is 84.7 Å². The summed E-state index contributed by atoms with van der Waals surface area (Å²) in [4.78, 5) is 24.7. The zero-order valence-corrected chi connectivity index (χ0v) is 14.9. The Morgan fingerprint density at radius 1 is 1.28 bits per heavy atom. The van der Waals surface area contributed by atoms with Crippen LogP contribution in [-0.4, -0.2) is 48.5 Å². The van der Waals surface area contributed by atoms with Gasteiger partial charge >= 0.3 is 5.69 Å². The number of piperidine rings is 1. The van der Waals surface area contributed by atoms with Crippen LogP contribution < -0.4 is 10.1 Å². The molecule has 8 heteroatoms. The minimum atomic E-state index is -0.475. The lowest BCUT2D eigenvalue weighted by molar-refractivity contribution is -0.385. The summed E-state index contributed by atoms with van der Waals surface area (Å²) in [7, 11) is 0. The fourth-order valence-electron chi connectivity index (χ4n) is 3.59. The van der Waals surface area contributed by atoms with Crippen LogP contribution >= 0.6 is 12.4 Å². The first-order valence-electron chi connectivity index (χ1n) is 8.44. The van der Waals surface area contributed by atoms with Crippen LogP contribution in [0.5, 0.6) is 5.75 Å². The average molecular weight is 370 g/mol. The Bertz CT molecular complexity index is 610. The molecule has 2 aliphatic rings. The standard InChI is InChI=1S/C17H23N3O4.ClH/c21-16(19-10-7-17(8-11-19)6-9-18-13-17)5-12-24-15-4-2-1-3-14(15)20(22)23;/h1-4,18H,5-13H2;1H. The minimum Gasteiger partial charge on any atom is -0.486 e. The number of hydrogen-bond acceptors (Lipinski definition) is 5. The number of hydrogen-bond donors (Lipinski definition) is 1. The lowest BCUT2D eigenvalue weighted by atomic mass is 9.78. The van der Waals surface area contributed by atoms with Gasteiger partial charge in [0, 0.05) is 25.7 Å². The van der Waals surface area contributed by atoms with Gasteiger partial charge in [0.25, 0.3) is 0 Å². The Kier molecular flexibility index (Phi) is 6.61. The molecule has 0 aliphatic carbocycles.